The highest BCUT2D eigenvalue weighted by molar-refractivity contribution is 5.77. The second-order valence-corrected chi connectivity index (χ2v) is 4.71. The van der Waals surface area contributed by atoms with E-state index in [1.807, 2.05) is 13.0 Å². The molecule has 1 aliphatic rings. The third-order valence-corrected chi connectivity index (χ3v) is 3.25. The van der Waals surface area contributed by atoms with Crippen LogP contribution in [0.4, 0.5) is 4.79 Å². The Kier molecular flexibility index (Phi) is 4.52. The van der Waals surface area contributed by atoms with Crippen LogP contribution in [-0.2, 0) is 9.53 Å². The molecule has 3 unspecified atom stereocenters. The molecule has 3 N–H and O–H groups in total. The normalized spacial score (nSPS) is 23.1. The summed E-state index contributed by atoms with van der Waals surface area (Å²) in [5.74, 6) is -1.66. The molecule has 7 heteroatoms. The van der Waals surface area contributed by atoms with Gasteiger partial charge in [0.15, 0.2) is 0 Å². The number of carboxylic acid groups (broad SMARTS) is 1. The summed E-state index contributed by atoms with van der Waals surface area (Å²) in [5, 5.41) is 14.4. The van der Waals surface area contributed by atoms with Crippen LogP contribution < -0.4 is 10.6 Å². The molecule has 0 aromatic carbocycles. The van der Waals surface area contributed by atoms with E-state index in [0.29, 0.717) is 0 Å². The van der Waals surface area contributed by atoms with E-state index >= 15 is 0 Å². The number of aromatic nitrogens is 1. The highest BCUT2D eigenvalue weighted by atomic mass is 16.5. The van der Waals surface area contributed by atoms with Crippen LogP contribution in [0.1, 0.15) is 18.5 Å². The predicted octanol–water partition coefficient (Wildman–Crippen LogP) is 0.541. The molecule has 0 saturated carbocycles. The summed E-state index contributed by atoms with van der Waals surface area (Å²) >= 11 is 0. The molecule has 108 valence electrons. The topological polar surface area (TPSA) is 101 Å². The number of amides is 2. The van der Waals surface area contributed by atoms with Crippen molar-refractivity contribution in [1.82, 2.24) is 15.6 Å². The Hall–Kier alpha value is -2.15. The third kappa shape index (κ3) is 3.45. The fourth-order valence-electron chi connectivity index (χ4n) is 2.06. The van der Waals surface area contributed by atoms with Gasteiger partial charge in [-0.1, -0.05) is 6.07 Å². The minimum atomic E-state index is -0.965. The van der Waals surface area contributed by atoms with Crippen molar-refractivity contribution in [2.24, 2.45) is 5.92 Å². The first-order valence-corrected chi connectivity index (χ1v) is 6.35. The lowest BCUT2D eigenvalue weighted by Gasteiger charge is -2.19. The van der Waals surface area contributed by atoms with Crippen LogP contribution in [0.5, 0.6) is 0 Å². The van der Waals surface area contributed by atoms with E-state index in [0.717, 1.165) is 5.56 Å². The fourth-order valence-corrected chi connectivity index (χ4v) is 2.06. The van der Waals surface area contributed by atoms with E-state index in [4.69, 9.17) is 9.84 Å². The van der Waals surface area contributed by atoms with E-state index in [-0.39, 0.29) is 19.3 Å². The lowest BCUT2D eigenvalue weighted by molar-refractivity contribution is -0.142. The van der Waals surface area contributed by atoms with E-state index in [1.54, 1.807) is 18.5 Å². The van der Waals surface area contributed by atoms with E-state index in [9.17, 15) is 9.59 Å². The van der Waals surface area contributed by atoms with Gasteiger partial charge in [-0.25, -0.2) is 4.79 Å². The molecule has 1 saturated heterocycles. The van der Waals surface area contributed by atoms with Crippen molar-refractivity contribution in [3.8, 4) is 0 Å². The molecule has 0 radical (unpaired) electrons. The molecule has 2 heterocycles. The van der Waals surface area contributed by atoms with Gasteiger partial charge in [0.2, 0.25) is 0 Å². The van der Waals surface area contributed by atoms with Crippen LogP contribution in [-0.4, -0.2) is 41.3 Å². The van der Waals surface area contributed by atoms with Gasteiger partial charge in [-0.15, -0.1) is 0 Å². The summed E-state index contributed by atoms with van der Waals surface area (Å²) < 4.78 is 5.09. The predicted molar refractivity (Wildman–Crippen MR) is 70.1 cm³/mol. The van der Waals surface area contributed by atoms with Crippen LogP contribution in [0.25, 0.3) is 0 Å². The summed E-state index contributed by atoms with van der Waals surface area (Å²) in [4.78, 5) is 26.8. The molecule has 1 aromatic heterocycles. The Morgan fingerprint density at radius 2 is 2.30 bits per heavy atom. The highest BCUT2D eigenvalue weighted by Crippen LogP contribution is 2.14. The minimum Gasteiger partial charge on any atom is -0.481 e. The maximum absolute atomic E-state index is 11.9. The minimum absolute atomic E-state index is 0.123. The van der Waals surface area contributed by atoms with E-state index in [2.05, 4.69) is 15.6 Å². The van der Waals surface area contributed by atoms with Gasteiger partial charge >= 0.3 is 12.0 Å². The molecule has 0 spiro atoms. The molecule has 0 aliphatic carbocycles. The van der Waals surface area contributed by atoms with Crippen LogP contribution in [0.15, 0.2) is 24.5 Å². The molecule has 2 rings (SSSR count). The Labute approximate surface area is 116 Å². The van der Waals surface area contributed by atoms with Gasteiger partial charge in [0, 0.05) is 12.4 Å². The first kappa shape index (κ1) is 14.3. The van der Waals surface area contributed by atoms with Gasteiger partial charge < -0.3 is 20.5 Å². The number of hydrogen-bond donors (Lipinski definition) is 3. The van der Waals surface area contributed by atoms with Crippen molar-refractivity contribution in [2.45, 2.75) is 19.0 Å². The first-order valence-electron chi connectivity index (χ1n) is 6.35. The van der Waals surface area contributed by atoms with E-state index in [1.165, 1.54) is 0 Å². The number of ether oxygens (including phenoxy) is 1. The SMILES string of the molecule is CC(NC(=O)NC1COCC1C(=O)O)c1cccnc1. The van der Waals surface area contributed by atoms with Gasteiger partial charge in [0.05, 0.1) is 25.3 Å². The summed E-state index contributed by atoms with van der Waals surface area (Å²) in [6, 6.07) is 2.51. The quantitative estimate of drug-likeness (QED) is 0.747. The second-order valence-electron chi connectivity index (χ2n) is 4.71. The molecule has 1 aliphatic heterocycles. The van der Waals surface area contributed by atoms with Crippen LogP contribution in [0.2, 0.25) is 0 Å². The highest BCUT2D eigenvalue weighted by Gasteiger charge is 2.35. The largest absolute Gasteiger partial charge is 0.481 e. The van der Waals surface area contributed by atoms with Crippen molar-refractivity contribution in [2.75, 3.05) is 13.2 Å². The third-order valence-electron chi connectivity index (χ3n) is 3.25. The van der Waals surface area contributed by atoms with Crippen molar-refractivity contribution in [3.63, 3.8) is 0 Å². The number of aliphatic carboxylic acids is 1. The molecule has 1 aromatic rings. The Bertz CT molecular complexity index is 480. The van der Waals surface area contributed by atoms with Gasteiger partial charge in [-0.3, -0.25) is 9.78 Å². The number of nitrogens with zero attached hydrogens (tertiary/aromatic N) is 1. The van der Waals surface area contributed by atoms with Gasteiger partial charge in [-0.2, -0.15) is 0 Å². The van der Waals surface area contributed by atoms with Crippen molar-refractivity contribution in [1.29, 1.82) is 0 Å². The zero-order valence-corrected chi connectivity index (χ0v) is 11.1. The number of pyridine rings is 1. The number of nitrogens with one attached hydrogen (secondary N) is 2. The van der Waals surface area contributed by atoms with Crippen molar-refractivity contribution in [3.05, 3.63) is 30.1 Å². The second kappa shape index (κ2) is 6.33. The van der Waals surface area contributed by atoms with Gasteiger partial charge in [-0.05, 0) is 18.6 Å². The Morgan fingerprint density at radius 3 is 2.95 bits per heavy atom. The zero-order chi connectivity index (χ0) is 14.5. The first-order chi connectivity index (χ1) is 9.58. The summed E-state index contributed by atoms with van der Waals surface area (Å²) in [6.45, 7) is 2.17. The van der Waals surface area contributed by atoms with Crippen LogP contribution >= 0.6 is 0 Å². The number of carbonyl (C=O) groups is 2. The monoisotopic (exact) mass is 279 g/mol. The molecule has 1 fully saturated rings. The van der Waals surface area contributed by atoms with Crippen LogP contribution in [0, 0.1) is 5.92 Å². The number of rotatable bonds is 4. The fraction of sp³-hybridized carbons (Fsp3) is 0.462. The van der Waals surface area contributed by atoms with Gasteiger partial charge in [0.25, 0.3) is 0 Å². The Balaban J connectivity index is 1.88. The molecular formula is C13H17N3O4. The summed E-state index contributed by atoms with van der Waals surface area (Å²) in [6.07, 6.45) is 3.33. The maximum Gasteiger partial charge on any atom is 0.315 e. The standard InChI is InChI=1S/C13H17N3O4/c1-8(9-3-2-4-14-5-9)15-13(19)16-11-7-20-6-10(11)12(17)18/h2-5,8,10-11H,6-7H2,1H3,(H,17,18)(H2,15,16,19). The molecular weight excluding hydrogens is 262 g/mol. The lowest BCUT2D eigenvalue weighted by Crippen LogP contribution is -2.47. The number of hydrogen-bond acceptors (Lipinski definition) is 4. The van der Waals surface area contributed by atoms with E-state index < -0.39 is 24.0 Å². The van der Waals surface area contributed by atoms with Gasteiger partial charge in [0.1, 0.15) is 5.92 Å². The Morgan fingerprint density at radius 1 is 1.50 bits per heavy atom. The zero-order valence-electron chi connectivity index (χ0n) is 11.1. The number of carboxylic acids is 1. The molecule has 0 bridgehead atoms. The smallest absolute Gasteiger partial charge is 0.315 e. The lowest BCUT2D eigenvalue weighted by atomic mass is 10.0. The van der Waals surface area contributed by atoms with Crippen LogP contribution in [0.3, 0.4) is 0 Å². The maximum atomic E-state index is 11.9. The average molecular weight is 279 g/mol. The van der Waals surface area contributed by atoms with Crippen molar-refractivity contribution >= 4 is 12.0 Å². The summed E-state index contributed by atoms with van der Waals surface area (Å²) in [5.41, 5.74) is 0.875. The number of carbonyl (C=O) groups excluding carboxylic acids is 1. The summed E-state index contributed by atoms with van der Waals surface area (Å²) in [7, 11) is 0. The molecule has 7 nitrogen and oxygen atoms in total. The van der Waals surface area contributed by atoms with Crippen molar-refractivity contribution < 1.29 is 19.4 Å². The molecule has 2 amide bonds. The number of urea groups is 1. The average Bonchev–Trinajstić information content (AvgIpc) is 2.87. The molecule has 20 heavy (non-hydrogen) atoms. The molecule has 3 atom stereocenters.